The first kappa shape index (κ1) is 14.9. The van der Waals surface area contributed by atoms with Crippen LogP contribution >= 0.6 is 15.9 Å². The van der Waals surface area contributed by atoms with E-state index in [4.69, 9.17) is 10.5 Å². The zero-order chi connectivity index (χ0) is 14.5. The Bertz CT molecular complexity index is 604. The van der Waals surface area contributed by atoms with Gasteiger partial charge in [0.15, 0.2) is 0 Å². The third-order valence-electron chi connectivity index (χ3n) is 2.90. The Morgan fingerprint density at radius 3 is 2.60 bits per heavy atom. The summed E-state index contributed by atoms with van der Waals surface area (Å²) < 4.78 is 33.2. The van der Waals surface area contributed by atoms with Crippen molar-refractivity contribution in [2.75, 3.05) is 6.54 Å². The Labute approximate surface area is 124 Å². The maximum absolute atomic E-state index is 13.8. The lowest BCUT2D eigenvalue weighted by atomic mass is 10.1. The Kier molecular flexibility index (Phi) is 5.09. The third kappa shape index (κ3) is 3.35. The average Bonchev–Trinajstić information content (AvgIpc) is 2.45. The molecular weight excluding hydrogens is 328 g/mol. The fourth-order valence-electron chi connectivity index (χ4n) is 1.86. The fourth-order valence-corrected chi connectivity index (χ4v) is 2.23. The monoisotopic (exact) mass is 341 g/mol. The lowest BCUT2D eigenvalue weighted by molar-refractivity contribution is 0.289. The van der Waals surface area contributed by atoms with Crippen molar-refractivity contribution in [3.8, 4) is 5.75 Å². The molecule has 2 nitrogen and oxygen atoms in total. The number of nitrogens with two attached hydrogens (primary N) is 1. The maximum atomic E-state index is 13.8. The molecule has 0 bridgehead atoms. The Morgan fingerprint density at radius 2 is 1.85 bits per heavy atom. The summed E-state index contributed by atoms with van der Waals surface area (Å²) in [6.07, 6.45) is 0.652. The minimum atomic E-state index is -0.638. The van der Waals surface area contributed by atoms with Crippen LogP contribution in [0.1, 0.15) is 11.1 Å². The molecule has 0 fully saturated rings. The quantitative estimate of drug-likeness (QED) is 0.839. The molecule has 5 heteroatoms. The van der Waals surface area contributed by atoms with Crippen LogP contribution < -0.4 is 10.5 Å². The van der Waals surface area contributed by atoms with E-state index < -0.39 is 11.6 Å². The summed E-state index contributed by atoms with van der Waals surface area (Å²) >= 11 is 3.03. The summed E-state index contributed by atoms with van der Waals surface area (Å²) in [5.41, 5.74) is 6.35. The molecular formula is C15H14BrF2NO. The van der Waals surface area contributed by atoms with Crippen molar-refractivity contribution >= 4 is 15.9 Å². The van der Waals surface area contributed by atoms with Crippen LogP contribution in [0.2, 0.25) is 0 Å². The van der Waals surface area contributed by atoms with Gasteiger partial charge in [-0.05, 0) is 52.7 Å². The normalized spacial score (nSPS) is 10.6. The largest absolute Gasteiger partial charge is 0.488 e. The zero-order valence-electron chi connectivity index (χ0n) is 10.7. The highest BCUT2D eigenvalue weighted by Crippen LogP contribution is 2.24. The topological polar surface area (TPSA) is 35.2 Å². The van der Waals surface area contributed by atoms with Crippen LogP contribution in [0.25, 0.3) is 0 Å². The zero-order valence-corrected chi connectivity index (χ0v) is 12.3. The molecule has 0 heterocycles. The van der Waals surface area contributed by atoms with Gasteiger partial charge in [-0.1, -0.05) is 18.2 Å². The van der Waals surface area contributed by atoms with Gasteiger partial charge in [-0.15, -0.1) is 0 Å². The molecule has 106 valence electrons. The van der Waals surface area contributed by atoms with Gasteiger partial charge in [0.2, 0.25) is 0 Å². The Balaban J connectivity index is 2.19. The predicted molar refractivity (Wildman–Crippen MR) is 77.6 cm³/mol. The molecule has 2 rings (SSSR count). The molecule has 0 unspecified atom stereocenters. The second kappa shape index (κ2) is 6.81. The molecule has 0 saturated heterocycles. The first-order valence-corrected chi connectivity index (χ1v) is 6.96. The smallest absolute Gasteiger partial charge is 0.146 e. The highest BCUT2D eigenvalue weighted by Gasteiger charge is 2.13. The summed E-state index contributed by atoms with van der Waals surface area (Å²) in [4.78, 5) is 0. The number of hydrogen-bond acceptors (Lipinski definition) is 2. The molecule has 2 N–H and O–H groups in total. The first-order chi connectivity index (χ1) is 9.63. The second-order valence-corrected chi connectivity index (χ2v) is 5.11. The summed E-state index contributed by atoms with van der Waals surface area (Å²) in [6.45, 7) is 0.318. The summed E-state index contributed by atoms with van der Waals surface area (Å²) in [7, 11) is 0. The van der Waals surface area contributed by atoms with E-state index in [1.165, 1.54) is 12.1 Å². The third-order valence-corrected chi connectivity index (χ3v) is 3.51. The average molecular weight is 342 g/mol. The summed E-state index contributed by atoms with van der Waals surface area (Å²) in [5, 5.41) is 0. The summed E-state index contributed by atoms with van der Waals surface area (Å²) in [5.74, 6) is -0.667. The van der Waals surface area contributed by atoms with Gasteiger partial charge in [0, 0.05) is 0 Å². The van der Waals surface area contributed by atoms with Crippen LogP contribution in [-0.2, 0) is 13.0 Å². The Hall–Kier alpha value is -1.46. The van der Waals surface area contributed by atoms with Gasteiger partial charge in [0.25, 0.3) is 0 Å². The number of rotatable bonds is 5. The minimum Gasteiger partial charge on any atom is -0.488 e. The molecule has 0 amide bonds. The van der Waals surface area contributed by atoms with Gasteiger partial charge in [0.1, 0.15) is 24.0 Å². The standard InChI is InChI=1S/C15H14BrF2NO/c16-12-5-6-13(17)11(15(12)18)9-20-14-4-2-1-3-10(14)7-8-19/h1-6H,7-9,19H2. The van der Waals surface area contributed by atoms with Crippen molar-refractivity contribution in [3.05, 3.63) is 63.6 Å². The lowest BCUT2D eigenvalue weighted by Gasteiger charge is -2.12. The molecule has 2 aromatic carbocycles. The van der Waals surface area contributed by atoms with Crippen LogP contribution in [0.4, 0.5) is 8.78 Å². The highest BCUT2D eigenvalue weighted by atomic mass is 79.9. The molecule has 0 aliphatic carbocycles. The van der Waals surface area contributed by atoms with E-state index >= 15 is 0 Å². The van der Waals surface area contributed by atoms with Crippen LogP contribution in [-0.4, -0.2) is 6.54 Å². The number of halogens is 3. The van der Waals surface area contributed by atoms with E-state index in [9.17, 15) is 8.78 Å². The number of para-hydroxylation sites is 1. The molecule has 0 aliphatic heterocycles. The van der Waals surface area contributed by atoms with Gasteiger partial charge in [-0.2, -0.15) is 0 Å². The van der Waals surface area contributed by atoms with E-state index in [1.807, 2.05) is 18.2 Å². The minimum absolute atomic E-state index is 0.0954. The van der Waals surface area contributed by atoms with Crippen molar-refractivity contribution in [2.45, 2.75) is 13.0 Å². The van der Waals surface area contributed by atoms with Crippen molar-refractivity contribution < 1.29 is 13.5 Å². The number of hydrogen-bond donors (Lipinski definition) is 1. The van der Waals surface area contributed by atoms with E-state index in [2.05, 4.69) is 15.9 Å². The second-order valence-electron chi connectivity index (χ2n) is 4.26. The van der Waals surface area contributed by atoms with Crippen molar-refractivity contribution in [1.29, 1.82) is 0 Å². The van der Waals surface area contributed by atoms with E-state index in [0.29, 0.717) is 18.7 Å². The molecule has 0 spiro atoms. The lowest BCUT2D eigenvalue weighted by Crippen LogP contribution is -2.07. The van der Waals surface area contributed by atoms with Gasteiger partial charge in [-0.3, -0.25) is 0 Å². The fraction of sp³-hybridized carbons (Fsp3) is 0.200. The first-order valence-electron chi connectivity index (χ1n) is 6.16. The van der Waals surface area contributed by atoms with E-state index in [1.54, 1.807) is 6.07 Å². The molecule has 0 atom stereocenters. The number of benzene rings is 2. The molecule has 0 aliphatic rings. The Morgan fingerprint density at radius 1 is 1.10 bits per heavy atom. The van der Waals surface area contributed by atoms with Crippen molar-refractivity contribution in [1.82, 2.24) is 0 Å². The maximum Gasteiger partial charge on any atom is 0.146 e. The van der Waals surface area contributed by atoms with Crippen LogP contribution in [0.5, 0.6) is 5.75 Å². The molecule has 20 heavy (non-hydrogen) atoms. The molecule has 2 aromatic rings. The molecule has 0 saturated carbocycles. The van der Waals surface area contributed by atoms with Crippen molar-refractivity contribution in [2.24, 2.45) is 5.73 Å². The number of ether oxygens (including phenoxy) is 1. The van der Waals surface area contributed by atoms with Gasteiger partial charge in [0.05, 0.1) is 10.0 Å². The summed E-state index contributed by atoms with van der Waals surface area (Å²) in [6, 6.07) is 9.86. The predicted octanol–water partition coefficient (Wildman–Crippen LogP) is 3.81. The SMILES string of the molecule is NCCc1ccccc1OCc1c(F)ccc(Br)c1F. The van der Waals surface area contributed by atoms with Gasteiger partial charge in [-0.25, -0.2) is 8.78 Å². The van der Waals surface area contributed by atoms with E-state index in [0.717, 1.165) is 5.56 Å². The highest BCUT2D eigenvalue weighted by molar-refractivity contribution is 9.10. The van der Waals surface area contributed by atoms with Gasteiger partial charge >= 0.3 is 0 Å². The van der Waals surface area contributed by atoms with Crippen LogP contribution in [0, 0.1) is 11.6 Å². The van der Waals surface area contributed by atoms with Crippen LogP contribution in [0.15, 0.2) is 40.9 Å². The van der Waals surface area contributed by atoms with E-state index in [-0.39, 0.29) is 16.6 Å². The van der Waals surface area contributed by atoms with Gasteiger partial charge < -0.3 is 10.5 Å². The molecule has 0 aromatic heterocycles. The van der Waals surface area contributed by atoms with Crippen LogP contribution in [0.3, 0.4) is 0 Å². The van der Waals surface area contributed by atoms with Crippen molar-refractivity contribution in [3.63, 3.8) is 0 Å². The molecule has 0 radical (unpaired) electrons.